The Kier molecular flexibility index (Phi) is 3.90. The van der Waals surface area contributed by atoms with Gasteiger partial charge in [-0.15, -0.1) is 0 Å². The third-order valence-corrected chi connectivity index (χ3v) is 5.52. The van der Waals surface area contributed by atoms with Gasteiger partial charge in [-0.05, 0) is 30.5 Å². The van der Waals surface area contributed by atoms with Gasteiger partial charge in [0.05, 0.1) is 19.3 Å². The molecule has 0 bridgehead atoms. The molecule has 1 spiro atoms. The molecule has 1 aliphatic heterocycles. The smallest absolute Gasteiger partial charge is 0.169 e. The van der Waals surface area contributed by atoms with Crippen molar-refractivity contribution in [3.8, 4) is 5.75 Å². The lowest BCUT2D eigenvalue weighted by atomic mass is 9.79. The Labute approximate surface area is 137 Å². The zero-order valence-corrected chi connectivity index (χ0v) is 13.6. The first-order valence-electron chi connectivity index (χ1n) is 8.70. The van der Waals surface area contributed by atoms with Crippen LogP contribution >= 0.6 is 0 Å². The number of hydrogen-bond acceptors (Lipinski definition) is 4. The predicted octanol–water partition coefficient (Wildman–Crippen LogP) is 3.59. The number of ketones is 1. The number of carbonyl (C=O) groups excluding carboxylic acids is 1. The van der Waals surface area contributed by atoms with Crippen LogP contribution in [0.15, 0.2) is 24.3 Å². The molecule has 3 fully saturated rings. The molecule has 4 heteroatoms. The Balaban J connectivity index is 1.59. The molecule has 0 radical (unpaired) electrons. The van der Waals surface area contributed by atoms with E-state index in [1.54, 1.807) is 7.11 Å². The summed E-state index contributed by atoms with van der Waals surface area (Å²) in [6.07, 6.45) is 6.45. The van der Waals surface area contributed by atoms with Crippen molar-refractivity contribution < 1.29 is 19.0 Å². The Morgan fingerprint density at radius 3 is 2.48 bits per heavy atom. The number of fused-ring (bicyclic) bond motifs is 1. The van der Waals surface area contributed by atoms with E-state index in [9.17, 15) is 4.79 Å². The first-order chi connectivity index (χ1) is 11.2. The van der Waals surface area contributed by atoms with Crippen LogP contribution in [0.5, 0.6) is 5.75 Å². The molecule has 0 N–H and O–H groups in total. The first-order valence-corrected chi connectivity index (χ1v) is 8.70. The number of benzene rings is 1. The predicted molar refractivity (Wildman–Crippen MR) is 85.5 cm³/mol. The highest BCUT2D eigenvalue weighted by Crippen LogP contribution is 2.48. The number of rotatable bonds is 2. The lowest BCUT2D eigenvalue weighted by molar-refractivity contribution is -0.194. The third kappa shape index (κ3) is 2.79. The maximum Gasteiger partial charge on any atom is 0.169 e. The highest BCUT2D eigenvalue weighted by atomic mass is 16.8. The van der Waals surface area contributed by atoms with Gasteiger partial charge in [-0.2, -0.15) is 0 Å². The normalized spacial score (nSPS) is 32.7. The zero-order chi connectivity index (χ0) is 15.9. The average Bonchev–Trinajstić information content (AvgIpc) is 2.92. The summed E-state index contributed by atoms with van der Waals surface area (Å²) in [6, 6.07) is 8.01. The van der Waals surface area contributed by atoms with Gasteiger partial charge in [-0.25, -0.2) is 0 Å². The summed E-state index contributed by atoms with van der Waals surface area (Å²) in [5.74, 6) is 0.778. The van der Waals surface area contributed by atoms with E-state index in [0.29, 0.717) is 12.8 Å². The molecule has 3 aliphatic rings. The van der Waals surface area contributed by atoms with Gasteiger partial charge < -0.3 is 14.2 Å². The monoisotopic (exact) mass is 316 g/mol. The van der Waals surface area contributed by atoms with Crippen LogP contribution in [0.1, 0.15) is 56.4 Å². The van der Waals surface area contributed by atoms with E-state index in [1.165, 1.54) is 6.42 Å². The lowest BCUT2D eigenvalue weighted by Crippen LogP contribution is -2.37. The fraction of sp³-hybridized carbons (Fsp3) is 0.632. The van der Waals surface area contributed by atoms with Crippen LogP contribution in [-0.4, -0.2) is 30.9 Å². The van der Waals surface area contributed by atoms with Gasteiger partial charge in [0.2, 0.25) is 0 Å². The average molecular weight is 316 g/mol. The van der Waals surface area contributed by atoms with Crippen molar-refractivity contribution in [1.29, 1.82) is 0 Å². The Morgan fingerprint density at radius 1 is 1.04 bits per heavy atom. The van der Waals surface area contributed by atoms with Crippen LogP contribution < -0.4 is 4.74 Å². The molecule has 4 rings (SSSR count). The molecular weight excluding hydrogens is 292 g/mol. The molecule has 1 aromatic carbocycles. The number of carbonyl (C=O) groups is 1. The second-order valence-corrected chi connectivity index (χ2v) is 7.04. The lowest BCUT2D eigenvalue weighted by Gasteiger charge is -2.33. The fourth-order valence-corrected chi connectivity index (χ4v) is 4.35. The van der Waals surface area contributed by atoms with E-state index in [4.69, 9.17) is 14.2 Å². The maximum atomic E-state index is 12.2. The molecule has 2 saturated carbocycles. The van der Waals surface area contributed by atoms with Crippen molar-refractivity contribution in [1.82, 2.24) is 0 Å². The SMILES string of the molecule is COc1ccc([C@@H]2CC(=O)C[C@H]3OC4(CCCCC4)O[C@H]32)cc1. The number of Topliss-reactive ketones (excluding diaryl/α,β-unsaturated/α-hetero) is 1. The second kappa shape index (κ2) is 5.91. The van der Waals surface area contributed by atoms with Crippen LogP contribution in [0.4, 0.5) is 0 Å². The molecule has 0 amide bonds. The first kappa shape index (κ1) is 15.2. The third-order valence-electron chi connectivity index (χ3n) is 5.52. The van der Waals surface area contributed by atoms with Crippen LogP contribution in [0, 0.1) is 0 Å². The Bertz CT molecular complexity index is 574. The van der Waals surface area contributed by atoms with Gasteiger partial charge in [0.1, 0.15) is 11.5 Å². The topological polar surface area (TPSA) is 44.8 Å². The van der Waals surface area contributed by atoms with E-state index in [2.05, 4.69) is 0 Å². The van der Waals surface area contributed by atoms with E-state index >= 15 is 0 Å². The van der Waals surface area contributed by atoms with E-state index < -0.39 is 5.79 Å². The van der Waals surface area contributed by atoms with Gasteiger partial charge in [0, 0.05) is 31.6 Å². The van der Waals surface area contributed by atoms with Crippen molar-refractivity contribution in [3.63, 3.8) is 0 Å². The summed E-state index contributed by atoms with van der Waals surface area (Å²) < 4.78 is 18.0. The Hall–Kier alpha value is -1.39. The molecule has 0 unspecified atom stereocenters. The Morgan fingerprint density at radius 2 is 1.78 bits per heavy atom. The summed E-state index contributed by atoms with van der Waals surface area (Å²) in [5, 5.41) is 0. The zero-order valence-electron chi connectivity index (χ0n) is 13.6. The molecule has 3 atom stereocenters. The highest BCUT2D eigenvalue weighted by Gasteiger charge is 2.53. The summed E-state index contributed by atoms with van der Waals surface area (Å²) in [7, 11) is 1.66. The van der Waals surface area contributed by atoms with Crippen LogP contribution in [-0.2, 0) is 14.3 Å². The molecule has 0 aromatic heterocycles. The minimum absolute atomic E-state index is 0.000745. The van der Waals surface area contributed by atoms with E-state index in [1.807, 2.05) is 24.3 Å². The summed E-state index contributed by atoms with van der Waals surface area (Å²) in [5.41, 5.74) is 1.14. The van der Waals surface area contributed by atoms with Gasteiger partial charge in [0.15, 0.2) is 5.79 Å². The number of methoxy groups -OCH3 is 1. The van der Waals surface area contributed by atoms with Crippen molar-refractivity contribution >= 4 is 5.78 Å². The molecule has 124 valence electrons. The van der Waals surface area contributed by atoms with E-state index in [0.717, 1.165) is 37.0 Å². The van der Waals surface area contributed by atoms with Gasteiger partial charge in [-0.3, -0.25) is 4.79 Å². The maximum absolute atomic E-state index is 12.2. The van der Waals surface area contributed by atoms with Crippen molar-refractivity contribution in [2.45, 2.75) is 68.9 Å². The van der Waals surface area contributed by atoms with Gasteiger partial charge >= 0.3 is 0 Å². The summed E-state index contributed by atoms with van der Waals surface area (Å²) >= 11 is 0. The van der Waals surface area contributed by atoms with Crippen molar-refractivity contribution in [2.24, 2.45) is 0 Å². The van der Waals surface area contributed by atoms with Crippen molar-refractivity contribution in [3.05, 3.63) is 29.8 Å². The highest BCUT2D eigenvalue weighted by molar-refractivity contribution is 5.81. The van der Waals surface area contributed by atoms with Crippen LogP contribution in [0.3, 0.4) is 0 Å². The molecule has 1 aromatic rings. The fourth-order valence-electron chi connectivity index (χ4n) is 4.35. The second-order valence-electron chi connectivity index (χ2n) is 7.04. The standard InChI is InChI=1S/C19H24O4/c1-21-15-7-5-13(6-8-15)16-11-14(20)12-17-18(16)23-19(22-17)9-3-2-4-10-19/h5-8,16-18H,2-4,9-12H2,1H3/t16-,17+,18-/m0/s1. The number of hydrogen-bond donors (Lipinski definition) is 0. The molecular formula is C19H24O4. The van der Waals surface area contributed by atoms with E-state index in [-0.39, 0.29) is 23.9 Å². The van der Waals surface area contributed by atoms with Gasteiger partial charge in [0.25, 0.3) is 0 Å². The van der Waals surface area contributed by atoms with Crippen LogP contribution in [0.25, 0.3) is 0 Å². The minimum atomic E-state index is -0.428. The van der Waals surface area contributed by atoms with Crippen molar-refractivity contribution in [2.75, 3.05) is 7.11 Å². The quantitative estimate of drug-likeness (QED) is 0.836. The summed E-state index contributed by atoms with van der Waals surface area (Å²) in [6.45, 7) is 0. The van der Waals surface area contributed by atoms with Gasteiger partial charge in [-0.1, -0.05) is 18.6 Å². The molecule has 2 aliphatic carbocycles. The number of ether oxygens (including phenoxy) is 3. The molecule has 23 heavy (non-hydrogen) atoms. The van der Waals surface area contributed by atoms with Crippen LogP contribution in [0.2, 0.25) is 0 Å². The summed E-state index contributed by atoms with van der Waals surface area (Å²) in [4.78, 5) is 12.2. The minimum Gasteiger partial charge on any atom is -0.497 e. The largest absolute Gasteiger partial charge is 0.497 e. The molecule has 4 nitrogen and oxygen atoms in total. The molecule has 1 saturated heterocycles. The molecule has 1 heterocycles.